The normalized spacial score (nSPS) is 16.3. The number of hydrogen-bond donors (Lipinski definition) is 2. The first-order valence-electron chi connectivity index (χ1n) is 7.75. The number of fused-ring (bicyclic) bond motifs is 1. The highest BCUT2D eigenvalue weighted by Gasteiger charge is 2.22. The molecule has 1 atom stereocenters. The van der Waals surface area contributed by atoms with E-state index in [9.17, 15) is 4.79 Å². The highest BCUT2D eigenvalue weighted by Crippen LogP contribution is 2.27. The summed E-state index contributed by atoms with van der Waals surface area (Å²) in [6.45, 7) is 4.21. The molecule has 1 unspecified atom stereocenters. The minimum atomic E-state index is -0.344. The quantitative estimate of drug-likeness (QED) is 0.851. The van der Waals surface area contributed by atoms with Crippen LogP contribution in [-0.2, 0) is 9.53 Å². The Labute approximate surface area is 136 Å². The number of anilines is 1. The van der Waals surface area contributed by atoms with Crippen LogP contribution in [0, 0.1) is 6.92 Å². The van der Waals surface area contributed by atoms with E-state index in [1.807, 2.05) is 30.3 Å². The van der Waals surface area contributed by atoms with Crippen LogP contribution in [-0.4, -0.2) is 12.6 Å². The molecule has 1 aliphatic heterocycles. The Kier molecular flexibility index (Phi) is 4.33. The van der Waals surface area contributed by atoms with E-state index in [0.717, 1.165) is 16.8 Å². The second-order valence-corrected chi connectivity index (χ2v) is 5.50. The Morgan fingerprint density at radius 1 is 1.09 bits per heavy atom. The molecule has 0 amide bonds. The van der Waals surface area contributed by atoms with Crippen LogP contribution >= 0.6 is 0 Å². The second-order valence-electron chi connectivity index (χ2n) is 5.50. The van der Waals surface area contributed by atoms with E-state index in [1.54, 1.807) is 6.92 Å². The summed E-state index contributed by atoms with van der Waals surface area (Å²) in [5.74, 6) is -0.344. The predicted octanol–water partition coefficient (Wildman–Crippen LogP) is 3.61. The Morgan fingerprint density at radius 2 is 1.83 bits per heavy atom. The fourth-order valence-corrected chi connectivity index (χ4v) is 2.55. The summed E-state index contributed by atoms with van der Waals surface area (Å²) in [5.41, 5.74) is 4.64. The topological polar surface area (TPSA) is 50.4 Å². The van der Waals surface area contributed by atoms with Gasteiger partial charge in [0.2, 0.25) is 0 Å². The Bertz CT molecular complexity index is 735. The molecule has 1 aliphatic rings. The molecule has 0 bridgehead atoms. The summed E-state index contributed by atoms with van der Waals surface area (Å²) in [5, 5.41) is 6.71. The molecule has 2 aromatic rings. The van der Waals surface area contributed by atoms with Crippen molar-refractivity contribution in [2.75, 3.05) is 11.9 Å². The number of carbonyl (C=O) groups excluding carboxylic acids is 1. The van der Waals surface area contributed by atoms with E-state index in [-0.39, 0.29) is 12.1 Å². The largest absolute Gasteiger partial charge is 0.461 e. The monoisotopic (exact) mass is 308 g/mol. The van der Waals surface area contributed by atoms with Crippen molar-refractivity contribution in [3.63, 3.8) is 0 Å². The van der Waals surface area contributed by atoms with Gasteiger partial charge in [-0.3, -0.25) is 0 Å². The van der Waals surface area contributed by atoms with Crippen molar-refractivity contribution >= 4 is 17.7 Å². The number of aryl methyl sites for hydroxylation is 1. The molecule has 23 heavy (non-hydrogen) atoms. The van der Waals surface area contributed by atoms with Gasteiger partial charge in [-0.1, -0.05) is 48.0 Å². The van der Waals surface area contributed by atoms with Gasteiger partial charge < -0.3 is 15.4 Å². The molecule has 0 radical (unpaired) electrons. The lowest BCUT2D eigenvalue weighted by atomic mass is 10.1. The van der Waals surface area contributed by atoms with E-state index in [4.69, 9.17) is 4.74 Å². The standard InChI is InChI=1S/C19H20N2O2/c1-3-23-19(22)17-12-15-6-4-5-7-16(15)20-18(21-17)14-10-8-13(2)9-11-14/h4-12,18,20-21H,3H2,1-2H3. The van der Waals surface area contributed by atoms with Gasteiger partial charge in [0.25, 0.3) is 0 Å². The first-order valence-corrected chi connectivity index (χ1v) is 7.75. The fourth-order valence-electron chi connectivity index (χ4n) is 2.55. The number of hydrogen-bond acceptors (Lipinski definition) is 4. The lowest BCUT2D eigenvalue weighted by Gasteiger charge is -2.22. The summed E-state index contributed by atoms with van der Waals surface area (Å²) in [6.07, 6.45) is 1.63. The number of carbonyl (C=O) groups is 1. The highest BCUT2D eigenvalue weighted by molar-refractivity contribution is 5.94. The first kappa shape index (κ1) is 15.2. The molecule has 0 aromatic heterocycles. The van der Waals surface area contributed by atoms with Crippen molar-refractivity contribution in [3.8, 4) is 0 Å². The summed E-state index contributed by atoms with van der Waals surface area (Å²) < 4.78 is 5.16. The van der Waals surface area contributed by atoms with Crippen molar-refractivity contribution < 1.29 is 9.53 Å². The van der Waals surface area contributed by atoms with Gasteiger partial charge in [-0.05, 0) is 37.1 Å². The number of nitrogens with one attached hydrogen (secondary N) is 2. The maximum absolute atomic E-state index is 12.2. The van der Waals surface area contributed by atoms with E-state index in [0.29, 0.717) is 12.3 Å². The third-order valence-electron chi connectivity index (χ3n) is 3.77. The van der Waals surface area contributed by atoms with Gasteiger partial charge in [-0.15, -0.1) is 0 Å². The summed E-state index contributed by atoms with van der Waals surface area (Å²) in [7, 11) is 0. The molecule has 4 heteroatoms. The highest BCUT2D eigenvalue weighted by atomic mass is 16.5. The first-order chi connectivity index (χ1) is 11.2. The van der Waals surface area contributed by atoms with Crippen molar-refractivity contribution in [1.82, 2.24) is 5.32 Å². The molecule has 0 saturated heterocycles. The van der Waals surface area contributed by atoms with Crippen molar-refractivity contribution in [2.45, 2.75) is 20.0 Å². The zero-order valence-corrected chi connectivity index (χ0v) is 13.3. The smallest absolute Gasteiger partial charge is 0.354 e. The van der Waals surface area contributed by atoms with Crippen LogP contribution < -0.4 is 10.6 Å². The van der Waals surface area contributed by atoms with E-state index in [2.05, 4.69) is 41.8 Å². The Morgan fingerprint density at radius 3 is 2.57 bits per heavy atom. The third-order valence-corrected chi connectivity index (χ3v) is 3.77. The van der Waals surface area contributed by atoms with Crippen LogP contribution in [0.1, 0.15) is 29.8 Å². The molecule has 2 aromatic carbocycles. The van der Waals surface area contributed by atoms with Crippen LogP contribution in [0.4, 0.5) is 5.69 Å². The lowest BCUT2D eigenvalue weighted by molar-refractivity contribution is -0.138. The van der Waals surface area contributed by atoms with Gasteiger partial charge in [-0.25, -0.2) is 4.79 Å². The maximum atomic E-state index is 12.2. The van der Waals surface area contributed by atoms with Gasteiger partial charge >= 0.3 is 5.97 Å². The van der Waals surface area contributed by atoms with Crippen LogP contribution in [0.2, 0.25) is 0 Å². The molecule has 4 nitrogen and oxygen atoms in total. The Hall–Kier alpha value is -2.75. The number of esters is 1. The van der Waals surface area contributed by atoms with Gasteiger partial charge in [0.15, 0.2) is 0 Å². The van der Waals surface area contributed by atoms with Gasteiger partial charge in [0.05, 0.1) is 6.61 Å². The van der Waals surface area contributed by atoms with Gasteiger partial charge in [0, 0.05) is 5.69 Å². The lowest BCUT2D eigenvalue weighted by Crippen LogP contribution is -2.30. The fraction of sp³-hybridized carbons (Fsp3) is 0.211. The van der Waals surface area contributed by atoms with Gasteiger partial charge in [-0.2, -0.15) is 0 Å². The maximum Gasteiger partial charge on any atom is 0.354 e. The molecule has 0 saturated carbocycles. The SMILES string of the molecule is CCOC(=O)C1=Cc2ccccc2NC(c2ccc(C)cc2)N1. The molecule has 118 valence electrons. The zero-order chi connectivity index (χ0) is 16.2. The second kappa shape index (κ2) is 6.57. The molecule has 0 fully saturated rings. The van der Waals surface area contributed by atoms with Gasteiger partial charge in [0.1, 0.15) is 11.9 Å². The number of ether oxygens (including phenoxy) is 1. The molecule has 0 aliphatic carbocycles. The van der Waals surface area contributed by atoms with Crippen LogP contribution in [0.25, 0.3) is 6.08 Å². The van der Waals surface area contributed by atoms with Crippen molar-refractivity contribution in [2.24, 2.45) is 0 Å². The van der Waals surface area contributed by atoms with E-state index >= 15 is 0 Å². The molecule has 0 spiro atoms. The minimum absolute atomic E-state index is 0.199. The molecular formula is C19H20N2O2. The van der Waals surface area contributed by atoms with Crippen LogP contribution in [0.5, 0.6) is 0 Å². The average molecular weight is 308 g/mol. The zero-order valence-electron chi connectivity index (χ0n) is 13.3. The molecule has 1 heterocycles. The Balaban J connectivity index is 1.99. The summed E-state index contributed by atoms with van der Waals surface area (Å²) in [4.78, 5) is 12.2. The summed E-state index contributed by atoms with van der Waals surface area (Å²) >= 11 is 0. The van der Waals surface area contributed by atoms with E-state index < -0.39 is 0 Å². The average Bonchev–Trinajstić information content (AvgIpc) is 2.75. The van der Waals surface area contributed by atoms with Crippen molar-refractivity contribution in [1.29, 1.82) is 0 Å². The number of para-hydroxylation sites is 1. The number of benzene rings is 2. The van der Waals surface area contributed by atoms with Crippen LogP contribution in [0.3, 0.4) is 0 Å². The van der Waals surface area contributed by atoms with E-state index in [1.165, 1.54) is 5.56 Å². The minimum Gasteiger partial charge on any atom is -0.461 e. The summed E-state index contributed by atoms with van der Waals surface area (Å²) in [6, 6.07) is 16.1. The van der Waals surface area contributed by atoms with Crippen LogP contribution in [0.15, 0.2) is 54.2 Å². The van der Waals surface area contributed by atoms with Crippen molar-refractivity contribution in [3.05, 3.63) is 70.9 Å². The molecule has 2 N–H and O–H groups in total. The number of rotatable bonds is 3. The molecular weight excluding hydrogens is 288 g/mol. The molecule has 3 rings (SSSR count). The predicted molar refractivity (Wildman–Crippen MR) is 91.7 cm³/mol. The third kappa shape index (κ3) is 3.37.